The number of benzene rings is 2. The van der Waals surface area contributed by atoms with Crippen LogP contribution in [0.5, 0.6) is 11.5 Å². The Kier molecular flexibility index (Phi) is 5.07. The summed E-state index contributed by atoms with van der Waals surface area (Å²) in [5, 5.41) is 22.2. The largest absolute Gasteiger partial charge is 0.508 e. The number of nitrogens with one attached hydrogen (secondary N) is 1. The fourth-order valence-electron chi connectivity index (χ4n) is 3.21. The molecule has 0 bridgehead atoms. The summed E-state index contributed by atoms with van der Waals surface area (Å²) in [6.07, 6.45) is 1.48. The molecule has 1 fully saturated rings. The summed E-state index contributed by atoms with van der Waals surface area (Å²) in [7, 11) is 0. The second-order valence-electron chi connectivity index (χ2n) is 6.29. The van der Waals surface area contributed by atoms with Crippen molar-refractivity contribution in [3.05, 3.63) is 59.4 Å². The number of likely N-dealkylation sites (tertiary alicyclic amines) is 1. The van der Waals surface area contributed by atoms with Gasteiger partial charge in [-0.1, -0.05) is 18.2 Å². The van der Waals surface area contributed by atoms with Gasteiger partial charge in [-0.25, -0.2) is 9.18 Å². The summed E-state index contributed by atoms with van der Waals surface area (Å²) in [5.41, 5.74) is 1.52. The Morgan fingerprint density at radius 1 is 1.16 bits per heavy atom. The van der Waals surface area contributed by atoms with Crippen molar-refractivity contribution in [3.8, 4) is 11.5 Å². The van der Waals surface area contributed by atoms with Gasteiger partial charge in [0.15, 0.2) is 0 Å². The molecule has 1 heterocycles. The van der Waals surface area contributed by atoms with E-state index in [4.69, 9.17) is 0 Å². The maximum Gasteiger partial charge on any atom is 0.317 e. The van der Waals surface area contributed by atoms with Crippen molar-refractivity contribution in [1.82, 2.24) is 10.2 Å². The maximum absolute atomic E-state index is 13.1. The molecule has 0 radical (unpaired) electrons. The van der Waals surface area contributed by atoms with Crippen LogP contribution in [0.25, 0.3) is 0 Å². The van der Waals surface area contributed by atoms with Gasteiger partial charge in [0.2, 0.25) is 0 Å². The number of halogens is 1. The number of urea groups is 1. The zero-order valence-electron chi connectivity index (χ0n) is 13.8. The van der Waals surface area contributed by atoms with Gasteiger partial charge in [0.1, 0.15) is 17.3 Å². The second kappa shape index (κ2) is 7.42. The topological polar surface area (TPSA) is 72.8 Å². The highest BCUT2D eigenvalue weighted by Gasteiger charge is 2.25. The molecule has 0 aliphatic carbocycles. The van der Waals surface area contributed by atoms with Gasteiger partial charge < -0.3 is 20.4 Å². The van der Waals surface area contributed by atoms with Gasteiger partial charge in [-0.2, -0.15) is 0 Å². The number of carbonyl (C=O) groups excluding carboxylic acids is 1. The lowest BCUT2D eigenvalue weighted by molar-refractivity contribution is 0.180. The van der Waals surface area contributed by atoms with Crippen LogP contribution >= 0.6 is 0 Å². The minimum Gasteiger partial charge on any atom is -0.508 e. The summed E-state index contributed by atoms with van der Waals surface area (Å²) in [6, 6.07) is 10.6. The molecular formula is C19H21FN2O3. The van der Waals surface area contributed by atoms with Crippen LogP contribution < -0.4 is 5.32 Å². The van der Waals surface area contributed by atoms with Crippen LogP contribution in [0, 0.1) is 5.82 Å². The first-order valence-corrected chi connectivity index (χ1v) is 8.32. The molecule has 132 valence electrons. The number of hydrogen-bond acceptors (Lipinski definition) is 3. The minimum atomic E-state index is -0.318. The molecule has 6 heteroatoms. The van der Waals surface area contributed by atoms with Gasteiger partial charge in [-0.05, 0) is 48.1 Å². The Bertz CT molecular complexity index is 758. The molecule has 0 atom stereocenters. The summed E-state index contributed by atoms with van der Waals surface area (Å²) in [5.74, 6) is -0.0291. The first kappa shape index (κ1) is 17.1. The SMILES string of the molecule is O=C(NCc1cccc(F)c1)N1CCC(c2ccc(O)cc2O)CC1. The Morgan fingerprint density at radius 3 is 2.60 bits per heavy atom. The minimum absolute atomic E-state index is 0.0374. The number of amides is 2. The normalized spacial score (nSPS) is 15.2. The fourth-order valence-corrected chi connectivity index (χ4v) is 3.21. The first-order chi connectivity index (χ1) is 12.0. The average Bonchev–Trinajstić information content (AvgIpc) is 2.60. The van der Waals surface area contributed by atoms with Crippen molar-refractivity contribution in [1.29, 1.82) is 0 Å². The molecule has 1 aliphatic heterocycles. The van der Waals surface area contributed by atoms with Crippen molar-refractivity contribution >= 4 is 6.03 Å². The quantitative estimate of drug-likeness (QED) is 0.800. The van der Waals surface area contributed by atoms with Gasteiger partial charge in [0.05, 0.1) is 0 Å². The van der Waals surface area contributed by atoms with Crippen molar-refractivity contribution in [2.45, 2.75) is 25.3 Å². The molecule has 2 aromatic carbocycles. The van der Waals surface area contributed by atoms with Gasteiger partial charge in [-0.3, -0.25) is 0 Å². The van der Waals surface area contributed by atoms with E-state index in [0.717, 1.165) is 24.0 Å². The van der Waals surface area contributed by atoms with Crippen molar-refractivity contribution < 1.29 is 19.4 Å². The van der Waals surface area contributed by atoms with Crippen LogP contribution in [-0.4, -0.2) is 34.2 Å². The van der Waals surface area contributed by atoms with E-state index in [-0.39, 0.29) is 35.8 Å². The van der Waals surface area contributed by atoms with Gasteiger partial charge >= 0.3 is 6.03 Å². The van der Waals surface area contributed by atoms with Crippen LogP contribution in [0.2, 0.25) is 0 Å². The summed E-state index contributed by atoms with van der Waals surface area (Å²) in [6.45, 7) is 1.45. The van der Waals surface area contributed by atoms with Gasteiger partial charge in [0, 0.05) is 25.7 Å². The van der Waals surface area contributed by atoms with E-state index in [2.05, 4.69) is 5.32 Å². The molecule has 0 aromatic heterocycles. The van der Waals surface area contributed by atoms with Crippen LogP contribution in [-0.2, 0) is 6.54 Å². The molecule has 1 saturated heterocycles. The fraction of sp³-hybridized carbons (Fsp3) is 0.316. The Labute approximate surface area is 145 Å². The molecule has 2 aromatic rings. The smallest absolute Gasteiger partial charge is 0.317 e. The van der Waals surface area contributed by atoms with E-state index < -0.39 is 0 Å². The molecule has 2 amide bonds. The Morgan fingerprint density at radius 2 is 1.92 bits per heavy atom. The van der Waals surface area contributed by atoms with Crippen LogP contribution in [0.3, 0.4) is 0 Å². The molecule has 0 unspecified atom stereocenters. The summed E-state index contributed by atoms with van der Waals surface area (Å²) >= 11 is 0. The number of carbonyl (C=O) groups is 1. The Hall–Kier alpha value is -2.76. The van der Waals surface area contributed by atoms with E-state index in [1.54, 1.807) is 29.2 Å². The molecule has 5 nitrogen and oxygen atoms in total. The van der Waals surface area contributed by atoms with Crippen LogP contribution in [0.15, 0.2) is 42.5 Å². The molecule has 3 rings (SSSR count). The lowest BCUT2D eigenvalue weighted by Gasteiger charge is -2.32. The molecular weight excluding hydrogens is 323 g/mol. The zero-order valence-corrected chi connectivity index (χ0v) is 13.8. The second-order valence-corrected chi connectivity index (χ2v) is 6.29. The number of phenolic OH excluding ortho intramolecular Hbond substituents is 2. The van der Waals surface area contributed by atoms with Crippen LogP contribution in [0.4, 0.5) is 9.18 Å². The highest BCUT2D eigenvalue weighted by Crippen LogP contribution is 2.35. The van der Waals surface area contributed by atoms with Crippen molar-refractivity contribution in [2.24, 2.45) is 0 Å². The zero-order chi connectivity index (χ0) is 17.8. The van der Waals surface area contributed by atoms with Gasteiger partial charge in [-0.15, -0.1) is 0 Å². The standard InChI is InChI=1S/C19H21FN2O3/c20-15-3-1-2-13(10-15)12-21-19(25)22-8-6-14(7-9-22)17-5-4-16(23)11-18(17)24/h1-5,10-11,14,23-24H,6-9,12H2,(H,21,25). The van der Waals surface area contributed by atoms with Crippen molar-refractivity contribution in [3.63, 3.8) is 0 Å². The van der Waals surface area contributed by atoms with E-state index in [9.17, 15) is 19.4 Å². The highest BCUT2D eigenvalue weighted by atomic mass is 19.1. The molecule has 1 aliphatic rings. The Balaban J connectivity index is 1.52. The van der Waals surface area contributed by atoms with Gasteiger partial charge in [0.25, 0.3) is 0 Å². The van der Waals surface area contributed by atoms with E-state index in [1.807, 2.05) is 0 Å². The monoisotopic (exact) mass is 344 g/mol. The predicted molar refractivity (Wildman–Crippen MR) is 92.0 cm³/mol. The molecule has 0 spiro atoms. The lowest BCUT2D eigenvalue weighted by Crippen LogP contribution is -2.43. The number of phenols is 2. The highest BCUT2D eigenvalue weighted by molar-refractivity contribution is 5.74. The first-order valence-electron chi connectivity index (χ1n) is 8.32. The van der Waals surface area contributed by atoms with Crippen LogP contribution in [0.1, 0.15) is 29.9 Å². The summed E-state index contributed by atoms with van der Waals surface area (Å²) in [4.78, 5) is 14.0. The molecule has 0 saturated carbocycles. The molecule has 25 heavy (non-hydrogen) atoms. The third-order valence-electron chi connectivity index (χ3n) is 4.57. The lowest BCUT2D eigenvalue weighted by atomic mass is 9.89. The number of nitrogens with zero attached hydrogens (tertiary/aromatic N) is 1. The molecule has 3 N–H and O–H groups in total. The number of piperidine rings is 1. The maximum atomic E-state index is 13.1. The van der Waals surface area contributed by atoms with E-state index in [0.29, 0.717) is 13.1 Å². The number of rotatable bonds is 3. The number of hydrogen-bond donors (Lipinski definition) is 3. The average molecular weight is 344 g/mol. The third kappa shape index (κ3) is 4.21. The summed E-state index contributed by atoms with van der Waals surface area (Å²) < 4.78 is 13.1. The third-order valence-corrected chi connectivity index (χ3v) is 4.57. The van der Waals surface area contributed by atoms with E-state index >= 15 is 0 Å². The number of aromatic hydroxyl groups is 2. The van der Waals surface area contributed by atoms with E-state index in [1.165, 1.54) is 18.2 Å². The van der Waals surface area contributed by atoms with Crippen molar-refractivity contribution in [2.75, 3.05) is 13.1 Å². The predicted octanol–water partition coefficient (Wildman–Crippen LogP) is 3.33.